The van der Waals surface area contributed by atoms with Gasteiger partial charge in [-0.05, 0) is 0 Å². The summed E-state index contributed by atoms with van der Waals surface area (Å²) in [5, 5.41) is 0. The third-order valence-corrected chi connectivity index (χ3v) is 4.87. The molecule has 7 heteroatoms. The molecule has 1 unspecified atom stereocenters. The number of alkyl halides is 2. The fraction of sp³-hybridized carbons (Fsp3) is 0.400. The molecule has 3 aliphatic rings. The van der Waals surface area contributed by atoms with E-state index in [2.05, 4.69) is 9.98 Å². The maximum atomic E-state index is 12.9. The summed E-state index contributed by atoms with van der Waals surface area (Å²) in [7, 11) is 0. The second-order valence-corrected chi connectivity index (χ2v) is 5.82. The molecule has 2 heterocycles. The van der Waals surface area contributed by atoms with E-state index in [0.717, 1.165) is 0 Å². The summed E-state index contributed by atoms with van der Waals surface area (Å²) in [5.41, 5.74) is 1.35. The van der Waals surface area contributed by atoms with Crippen molar-refractivity contribution in [3.05, 3.63) is 23.8 Å². The maximum Gasteiger partial charge on any atom is 0.292 e. The van der Waals surface area contributed by atoms with Crippen molar-refractivity contribution in [2.24, 2.45) is 15.9 Å². The summed E-state index contributed by atoms with van der Waals surface area (Å²) in [6.45, 7) is 0. The SMILES string of the molecule is FC1(F)CC(C2=C3C=NC=C[N+]3(Cl)C(I)=N2)C1. The highest BCUT2D eigenvalue weighted by Crippen LogP contribution is 2.50. The average Bonchev–Trinajstić information content (AvgIpc) is 2.48. The first-order valence-electron chi connectivity index (χ1n) is 5.09. The predicted molar refractivity (Wildman–Crippen MR) is 69.9 cm³/mol. The minimum atomic E-state index is -2.55. The van der Waals surface area contributed by atoms with Crippen molar-refractivity contribution in [1.29, 1.82) is 0 Å². The van der Waals surface area contributed by atoms with E-state index < -0.39 is 5.92 Å². The largest absolute Gasteiger partial charge is 0.292 e. The molecule has 17 heavy (non-hydrogen) atoms. The van der Waals surface area contributed by atoms with Crippen LogP contribution in [0.2, 0.25) is 0 Å². The Balaban J connectivity index is 1.98. The summed E-state index contributed by atoms with van der Waals surface area (Å²) in [6, 6.07) is 0. The first-order chi connectivity index (χ1) is 7.92. The molecule has 0 N–H and O–H groups in total. The minimum absolute atomic E-state index is 0.0680. The van der Waals surface area contributed by atoms with Gasteiger partial charge in [-0.25, -0.2) is 8.78 Å². The molecule has 2 aliphatic heterocycles. The molecule has 1 aliphatic carbocycles. The van der Waals surface area contributed by atoms with Gasteiger partial charge in [0.1, 0.15) is 11.9 Å². The molecule has 1 atom stereocenters. The van der Waals surface area contributed by atoms with E-state index >= 15 is 0 Å². The predicted octanol–water partition coefficient (Wildman–Crippen LogP) is 3.57. The zero-order chi connectivity index (χ0) is 12.3. The Hall–Kier alpha value is -0.340. The Morgan fingerprint density at radius 1 is 1.47 bits per heavy atom. The van der Waals surface area contributed by atoms with Crippen LogP contribution in [0.5, 0.6) is 0 Å². The monoisotopic (exact) mass is 370 g/mol. The van der Waals surface area contributed by atoms with Gasteiger partial charge in [0, 0.05) is 18.8 Å². The lowest BCUT2D eigenvalue weighted by Crippen LogP contribution is -2.38. The standard InChI is InChI=1S/C10H8ClF2IN3/c11-17-2-1-15-5-7(17)8(16-9(17)14)6-3-10(12,13)4-6/h1-2,5-6H,3-4H2/q+1. The van der Waals surface area contributed by atoms with Crippen LogP contribution in [-0.2, 0) is 0 Å². The average molecular weight is 371 g/mol. The number of amidine groups is 1. The molecular formula is C10H8ClF2IN3+. The van der Waals surface area contributed by atoms with Crippen LogP contribution < -0.4 is 0 Å². The molecule has 0 bridgehead atoms. The van der Waals surface area contributed by atoms with Crippen molar-refractivity contribution in [2.75, 3.05) is 0 Å². The Kier molecular flexibility index (Phi) is 2.47. The summed E-state index contributed by atoms with van der Waals surface area (Å²) >= 11 is 8.42. The van der Waals surface area contributed by atoms with Crippen LogP contribution in [0.25, 0.3) is 0 Å². The first-order valence-corrected chi connectivity index (χ1v) is 6.51. The number of quaternary nitrogens is 1. The van der Waals surface area contributed by atoms with Crippen molar-refractivity contribution < 1.29 is 12.8 Å². The molecule has 0 amide bonds. The van der Waals surface area contributed by atoms with Crippen molar-refractivity contribution in [3.8, 4) is 0 Å². The fourth-order valence-electron chi connectivity index (χ4n) is 2.19. The molecule has 1 saturated carbocycles. The number of rotatable bonds is 1. The maximum absolute atomic E-state index is 12.9. The number of fused-ring (bicyclic) bond motifs is 1. The Bertz CT molecular complexity index is 504. The lowest BCUT2D eigenvalue weighted by atomic mass is 9.78. The topological polar surface area (TPSA) is 24.7 Å². The molecule has 1 fully saturated rings. The van der Waals surface area contributed by atoms with Crippen molar-refractivity contribution in [2.45, 2.75) is 18.8 Å². The molecule has 0 saturated heterocycles. The zero-order valence-corrected chi connectivity index (χ0v) is 11.5. The van der Waals surface area contributed by atoms with Crippen LogP contribution in [0.4, 0.5) is 8.78 Å². The zero-order valence-electron chi connectivity index (χ0n) is 8.58. The molecular weight excluding hydrogens is 362 g/mol. The van der Waals surface area contributed by atoms with Gasteiger partial charge in [-0.3, -0.25) is 4.99 Å². The van der Waals surface area contributed by atoms with Gasteiger partial charge in [-0.2, -0.15) is 4.99 Å². The number of allylic oxidation sites excluding steroid dienone is 2. The molecule has 90 valence electrons. The van der Waals surface area contributed by atoms with E-state index in [1.807, 2.05) is 22.6 Å². The second-order valence-electron chi connectivity index (χ2n) is 4.33. The summed E-state index contributed by atoms with van der Waals surface area (Å²) in [4.78, 5) is 8.34. The van der Waals surface area contributed by atoms with Crippen LogP contribution in [-0.4, -0.2) is 20.0 Å². The van der Waals surface area contributed by atoms with Crippen LogP contribution in [0, 0.1) is 5.92 Å². The number of hydrogen-bond acceptors (Lipinski definition) is 2. The van der Waals surface area contributed by atoms with E-state index in [4.69, 9.17) is 11.8 Å². The van der Waals surface area contributed by atoms with Crippen molar-refractivity contribution in [3.63, 3.8) is 0 Å². The highest BCUT2D eigenvalue weighted by Gasteiger charge is 2.53. The Morgan fingerprint density at radius 2 is 2.18 bits per heavy atom. The minimum Gasteiger partial charge on any atom is -0.253 e. The molecule has 0 aromatic carbocycles. The summed E-state index contributed by atoms with van der Waals surface area (Å²) in [6.07, 6.45) is 4.59. The van der Waals surface area contributed by atoms with E-state index in [1.165, 1.54) is 0 Å². The highest BCUT2D eigenvalue weighted by atomic mass is 127. The van der Waals surface area contributed by atoms with E-state index in [9.17, 15) is 8.78 Å². The van der Waals surface area contributed by atoms with E-state index in [-0.39, 0.29) is 22.8 Å². The number of nitrogens with zero attached hydrogens (tertiary/aromatic N) is 3. The van der Waals surface area contributed by atoms with Gasteiger partial charge >= 0.3 is 0 Å². The van der Waals surface area contributed by atoms with Crippen LogP contribution in [0.3, 0.4) is 0 Å². The summed E-state index contributed by atoms with van der Waals surface area (Å²) < 4.78 is 26.4. The summed E-state index contributed by atoms with van der Waals surface area (Å²) in [5.74, 6) is -2.76. The molecule has 0 spiro atoms. The van der Waals surface area contributed by atoms with Crippen LogP contribution in [0.1, 0.15) is 12.8 Å². The van der Waals surface area contributed by atoms with E-state index in [1.54, 1.807) is 18.6 Å². The second kappa shape index (κ2) is 3.58. The van der Waals surface area contributed by atoms with Gasteiger partial charge in [-0.15, -0.1) is 4.00 Å². The first kappa shape index (κ1) is 11.7. The van der Waals surface area contributed by atoms with Gasteiger partial charge in [-0.1, -0.05) is 0 Å². The van der Waals surface area contributed by atoms with Gasteiger partial charge in [0.15, 0.2) is 11.8 Å². The van der Waals surface area contributed by atoms with Crippen molar-refractivity contribution >= 4 is 44.4 Å². The molecule has 0 aromatic rings. The highest BCUT2D eigenvalue weighted by molar-refractivity contribution is 14.1. The van der Waals surface area contributed by atoms with Gasteiger partial charge < -0.3 is 0 Å². The molecule has 3 nitrogen and oxygen atoms in total. The Labute approximate surface area is 115 Å². The molecule has 3 rings (SSSR count). The normalized spacial score (nSPS) is 34.7. The number of hydrogen-bond donors (Lipinski definition) is 0. The number of halogens is 4. The fourth-order valence-corrected chi connectivity index (χ4v) is 3.09. The molecule has 0 aromatic heterocycles. The third-order valence-electron chi connectivity index (χ3n) is 3.13. The lowest BCUT2D eigenvalue weighted by Gasteiger charge is -2.34. The van der Waals surface area contributed by atoms with Crippen LogP contribution >= 0.6 is 34.4 Å². The third kappa shape index (κ3) is 1.68. The Morgan fingerprint density at radius 3 is 2.82 bits per heavy atom. The quantitative estimate of drug-likeness (QED) is 0.383. The number of aliphatic imine (C=N–C) groups is 2. The van der Waals surface area contributed by atoms with Gasteiger partial charge in [0.25, 0.3) is 3.84 Å². The van der Waals surface area contributed by atoms with Gasteiger partial charge in [0.05, 0.1) is 35.0 Å². The molecule has 0 radical (unpaired) electrons. The van der Waals surface area contributed by atoms with E-state index in [0.29, 0.717) is 15.2 Å². The van der Waals surface area contributed by atoms with Gasteiger partial charge in [0.2, 0.25) is 11.6 Å². The smallest absolute Gasteiger partial charge is 0.253 e. The lowest BCUT2D eigenvalue weighted by molar-refractivity contribution is -0.594. The van der Waals surface area contributed by atoms with Crippen LogP contribution in [0.15, 0.2) is 33.8 Å². The van der Waals surface area contributed by atoms with Crippen molar-refractivity contribution in [1.82, 2.24) is 0 Å².